The molecule has 1 heterocycles. The first-order valence-corrected chi connectivity index (χ1v) is 5.48. The number of alkyl halides is 2. The van der Waals surface area contributed by atoms with Gasteiger partial charge >= 0.3 is 0 Å². The Balaban J connectivity index is 2.36. The molecule has 1 aliphatic rings. The number of rotatable bonds is 3. The van der Waals surface area contributed by atoms with Crippen molar-refractivity contribution in [2.45, 2.75) is 38.5 Å². The number of nitrogens with zero attached hydrogens (tertiary/aromatic N) is 2. The summed E-state index contributed by atoms with van der Waals surface area (Å²) in [6.07, 6.45) is 3.38. The first-order chi connectivity index (χ1) is 7.01. The predicted molar refractivity (Wildman–Crippen MR) is 54.6 cm³/mol. The van der Waals surface area contributed by atoms with E-state index in [1.165, 1.54) is 0 Å². The SMILES string of the molecule is CC(F)(F)CN1CCCC(CC#N)CC1. The van der Waals surface area contributed by atoms with E-state index in [9.17, 15) is 8.78 Å². The van der Waals surface area contributed by atoms with Crippen molar-refractivity contribution in [3.63, 3.8) is 0 Å². The minimum Gasteiger partial charge on any atom is -0.297 e. The predicted octanol–water partition coefficient (Wildman–Crippen LogP) is 2.66. The van der Waals surface area contributed by atoms with E-state index in [-0.39, 0.29) is 6.54 Å². The van der Waals surface area contributed by atoms with Crippen molar-refractivity contribution in [1.29, 1.82) is 5.26 Å². The standard InChI is InChI=1S/C11H18F2N2/c1-11(12,13)9-15-7-2-3-10(4-6-14)5-8-15/h10H,2-5,7-9H2,1H3. The van der Waals surface area contributed by atoms with Gasteiger partial charge in [-0.1, -0.05) is 0 Å². The van der Waals surface area contributed by atoms with E-state index >= 15 is 0 Å². The molecule has 0 aromatic heterocycles. The summed E-state index contributed by atoms with van der Waals surface area (Å²) in [5.41, 5.74) is 0. The van der Waals surface area contributed by atoms with Crippen LogP contribution >= 0.6 is 0 Å². The van der Waals surface area contributed by atoms with Crippen LogP contribution in [0.1, 0.15) is 32.6 Å². The van der Waals surface area contributed by atoms with Gasteiger partial charge in [0.15, 0.2) is 0 Å². The zero-order valence-corrected chi connectivity index (χ0v) is 9.18. The average molecular weight is 216 g/mol. The lowest BCUT2D eigenvalue weighted by atomic mass is 9.98. The second-order valence-electron chi connectivity index (χ2n) is 4.51. The zero-order valence-electron chi connectivity index (χ0n) is 9.18. The van der Waals surface area contributed by atoms with Gasteiger partial charge in [0.2, 0.25) is 0 Å². The van der Waals surface area contributed by atoms with Gasteiger partial charge in [-0.2, -0.15) is 5.26 Å². The van der Waals surface area contributed by atoms with Crippen LogP contribution in [0.5, 0.6) is 0 Å². The normalized spacial score (nSPS) is 24.5. The quantitative estimate of drug-likeness (QED) is 0.725. The Bertz CT molecular complexity index is 230. The van der Waals surface area contributed by atoms with Crippen molar-refractivity contribution in [1.82, 2.24) is 4.90 Å². The molecule has 0 spiro atoms. The van der Waals surface area contributed by atoms with Gasteiger partial charge < -0.3 is 0 Å². The minimum absolute atomic E-state index is 0.147. The molecule has 0 aliphatic carbocycles. The fourth-order valence-electron chi connectivity index (χ4n) is 2.11. The van der Waals surface area contributed by atoms with Crippen molar-refractivity contribution in [2.75, 3.05) is 19.6 Å². The Labute approximate surface area is 89.9 Å². The van der Waals surface area contributed by atoms with Crippen LogP contribution in [0.2, 0.25) is 0 Å². The lowest BCUT2D eigenvalue weighted by Gasteiger charge is -2.23. The van der Waals surface area contributed by atoms with Crippen LogP contribution in [0.15, 0.2) is 0 Å². The van der Waals surface area contributed by atoms with Gasteiger partial charge in [0.25, 0.3) is 5.92 Å². The number of nitriles is 1. The molecular formula is C11H18F2N2. The molecule has 2 nitrogen and oxygen atoms in total. The maximum Gasteiger partial charge on any atom is 0.257 e. The second kappa shape index (κ2) is 5.41. The molecule has 0 saturated carbocycles. The molecule has 0 aromatic carbocycles. The third kappa shape index (κ3) is 5.08. The average Bonchev–Trinajstić information content (AvgIpc) is 2.29. The van der Waals surface area contributed by atoms with Crippen molar-refractivity contribution in [2.24, 2.45) is 5.92 Å². The van der Waals surface area contributed by atoms with Crippen LogP contribution in [-0.4, -0.2) is 30.5 Å². The van der Waals surface area contributed by atoms with Crippen LogP contribution in [0, 0.1) is 17.2 Å². The first-order valence-electron chi connectivity index (χ1n) is 5.48. The first kappa shape index (κ1) is 12.4. The summed E-state index contributed by atoms with van der Waals surface area (Å²) >= 11 is 0. The van der Waals surface area contributed by atoms with Gasteiger partial charge in [0, 0.05) is 13.3 Å². The Morgan fingerprint density at radius 2 is 2.13 bits per heavy atom. The molecule has 0 aromatic rings. The lowest BCUT2D eigenvalue weighted by molar-refractivity contribution is -0.0137. The van der Waals surface area contributed by atoms with Gasteiger partial charge in [0.1, 0.15) is 0 Å². The molecule has 15 heavy (non-hydrogen) atoms. The fraction of sp³-hybridized carbons (Fsp3) is 0.909. The Kier molecular flexibility index (Phi) is 4.46. The third-order valence-corrected chi connectivity index (χ3v) is 2.82. The summed E-state index contributed by atoms with van der Waals surface area (Å²) in [5.74, 6) is -2.19. The second-order valence-corrected chi connectivity index (χ2v) is 4.51. The van der Waals surface area contributed by atoms with Crippen LogP contribution < -0.4 is 0 Å². The summed E-state index contributed by atoms with van der Waals surface area (Å²) in [4.78, 5) is 1.82. The lowest BCUT2D eigenvalue weighted by Crippen LogP contribution is -2.35. The van der Waals surface area contributed by atoms with E-state index in [2.05, 4.69) is 6.07 Å². The van der Waals surface area contributed by atoms with Gasteiger partial charge in [-0.3, -0.25) is 4.90 Å². The van der Waals surface area contributed by atoms with E-state index in [0.717, 1.165) is 32.7 Å². The molecule has 4 heteroatoms. The number of likely N-dealkylation sites (tertiary alicyclic amines) is 1. The summed E-state index contributed by atoms with van der Waals surface area (Å²) in [6, 6.07) is 2.16. The largest absolute Gasteiger partial charge is 0.297 e. The monoisotopic (exact) mass is 216 g/mol. The van der Waals surface area contributed by atoms with Crippen LogP contribution in [0.4, 0.5) is 8.78 Å². The highest BCUT2D eigenvalue weighted by atomic mass is 19.3. The fourth-order valence-corrected chi connectivity index (χ4v) is 2.11. The Morgan fingerprint density at radius 1 is 1.40 bits per heavy atom. The molecule has 1 unspecified atom stereocenters. The van der Waals surface area contributed by atoms with E-state index in [0.29, 0.717) is 18.9 Å². The summed E-state index contributed by atoms with van der Waals surface area (Å²) in [5, 5.41) is 8.58. The summed E-state index contributed by atoms with van der Waals surface area (Å²) < 4.78 is 25.6. The van der Waals surface area contributed by atoms with Gasteiger partial charge in [-0.15, -0.1) is 0 Å². The van der Waals surface area contributed by atoms with Crippen LogP contribution in [0.3, 0.4) is 0 Å². The molecular weight excluding hydrogens is 198 g/mol. The van der Waals surface area contributed by atoms with Crippen molar-refractivity contribution < 1.29 is 8.78 Å². The van der Waals surface area contributed by atoms with Gasteiger partial charge in [-0.25, -0.2) is 8.78 Å². The molecule has 0 bridgehead atoms. The highest BCUT2D eigenvalue weighted by molar-refractivity contribution is 4.80. The van der Waals surface area contributed by atoms with Crippen molar-refractivity contribution >= 4 is 0 Å². The molecule has 1 saturated heterocycles. The highest BCUT2D eigenvalue weighted by Gasteiger charge is 2.26. The number of hydrogen-bond donors (Lipinski definition) is 0. The van der Waals surface area contributed by atoms with E-state index in [1.54, 1.807) is 0 Å². The summed E-state index contributed by atoms with van der Waals surface area (Å²) in [7, 11) is 0. The molecule has 86 valence electrons. The molecule has 1 aliphatic heterocycles. The van der Waals surface area contributed by atoms with Gasteiger partial charge in [0.05, 0.1) is 12.6 Å². The van der Waals surface area contributed by atoms with E-state index < -0.39 is 5.92 Å². The van der Waals surface area contributed by atoms with E-state index in [1.807, 2.05) is 4.90 Å². The van der Waals surface area contributed by atoms with E-state index in [4.69, 9.17) is 5.26 Å². The maximum absolute atomic E-state index is 12.8. The minimum atomic E-state index is -2.60. The maximum atomic E-state index is 12.8. The Morgan fingerprint density at radius 3 is 2.73 bits per heavy atom. The number of halogens is 2. The van der Waals surface area contributed by atoms with Crippen LogP contribution in [0.25, 0.3) is 0 Å². The smallest absolute Gasteiger partial charge is 0.257 e. The van der Waals surface area contributed by atoms with Crippen molar-refractivity contribution in [3.8, 4) is 6.07 Å². The summed E-state index contributed by atoms with van der Waals surface area (Å²) in [6.45, 7) is 2.26. The topological polar surface area (TPSA) is 27.0 Å². The molecule has 0 N–H and O–H groups in total. The van der Waals surface area contributed by atoms with Gasteiger partial charge in [-0.05, 0) is 38.3 Å². The van der Waals surface area contributed by atoms with Crippen LogP contribution in [-0.2, 0) is 0 Å². The highest BCUT2D eigenvalue weighted by Crippen LogP contribution is 2.22. The Hall–Kier alpha value is -0.690. The molecule has 1 atom stereocenters. The third-order valence-electron chi connectivity index (χ3n) is 2.82. The van der Waals surface area contributed by atoms with Crippen molar-refractivity contribution in [3.05, 3.63) is 0 Å². The molecule has 1 rings (SSSR count). The molecule has 0 amide bonds. The number of hydrogen-bond acceptors (Lipinski definition) is 2. The molecule has 1 fully saturated rings. The molecule has 0 radical (unpaired) electrons. The zero-order chi connectivity index (χ0) is 11.3.